The zero-order valence-electron chi connectivity index (χ0n) is 16.5. The summed E-state index contributed by atoms with van der Waals surface area (Å²) in [6.45, 7) is 9.48. The summed E-state index contributed by atoms with van der Waals surface area (Å²) >= 11 is 1.31. The molecule has 1 amide bonds. The first-order valence-electron chi connectivity index (χ1n) is 9.07. The summed E-state index contributed by atoms with van der Waals surface area (Å²) in [5.41, 5.74) is 2.09. The zero-order chi connectivity index (χ0) is 21.0. The molecule has 3 rings (SSSR count). The molecule has 0 aliphatic heterocycles. The molecular formula is C21H22N4O3S. The van der Waals surface area contributed by atoms with Crippen molar-refractivity contribution in [2.24, 2.45) is 0 Å². The average Bonchev–Trinajstić information content (AvgIpc) is 3.28. The van der Waals surface area contributed by atoms with Crippen molar-refractivity contribution >= 4 is 29.1 Å². The molecule has 2 aromatic heterocycles. The number of aryl methyl sites for hydroxylation is 1. The van der Waals surface area contributed by atoms with Gasteiger partial charge in [0.15, 0.2) is 16.8 Å². The van der Waals surface area contributed by atoms with Gasteiger partial charge in [-0.15, -0.1) is 16.8 Å². The standard InChI is InChI=1S/C21H22N4O3S/c1-5-11-25-19(18-10-12-28-14(18)3)23-24-21(25)29-15(4)20(27)22-17-8-6-16(7-9-17)13(2)26/h5-10,12,15H,1,11H2,2-4H3,(H,22,27). The number of hydrogen-bond acceptors (Lipinski definition) is 6. The third-order valence-electron chi connectivity index (χ3n) is 4.34. The molecule has 0 aliphatic carbocycles. The molecular weight excluding hydrogens is 388 g/mol. The lowest BCUT2D eigenvalue weighted by atomic mass is 10.1. The molecule has 0 radical (unpaired) electrons. The van der Waals surface area contributed by atoms with E-state index < -0.39 is 5.25 Å². The van der Waals surface area contributed by atoms with Crippen LogP contribution in [0.1, 0.15) is 30.0 Å². The molecule has 29 heavy (non-hydrogen) atoms. The van der Waals surface area contributed by atoms with Crippen molar-refractivity contribution in [2.45, 2.75) is 37.7 Å². The number of nitrogens with one attached hydrogen (secondary N) is 1. The number of carbonyl (C=O) groups is 2. The molecule has 0 aliphatic rings. The van der Waals surface area contributed by atoms with Gasteiger partial charge in [0.25, 0.3) is 0 Å². The molecule has 150 valence electrons. The number of carbonyl (C=O) groups excluding carboxylic acids is 2. The van der Waals surface area contributed by atoms with E-state index in [-0.39, 0.29) is 11.7 Å². The molecule has 0 saturated heterocycles. The topological polar surface area (TPSA) is 90.0 Å². The van der Waals surface area contributed by atoms with E-state index in [0.717, 1.165) is 11.3 Å². The van der Waals surface area contributed by atoms with Crippen LogP contribution in [0.5, 0.6) is 0 Å². The number of furan rings is 1. The molecule has 2 heterocycles. The van der Waals surface area contributed by atoms with Gasteiger partial charge in [0, 0.05) is 17.8 Å². The molecule has 0 bridgehead atoms. The fourth-order valence-electron chi connectivity index (χ4n) is 2.73. The molecule has 7 nitrogen and oxygen atoms in total. The van der Waals surface area contributed by atoms with Gasteiger partial charge in [0.05, 0.1) is 17.1 Å². The number of thioether (sulfide) groups is 1. The highest BCUT2D eigenvalue weighted by Gasteiger charge is 2.22. The Balaban J connectivity index is 1.74. The first kappa shape index (κ1) is 20.6. The first-order valence-corrected chi connectivity index (χ1v) is 9.95. The molecule has 0 spiro atoms. The fraction of sp³-hybridized carbons (Fsp3) is 0.238. The largest absolute Gasteiger partial charge is 0.469 e. The van der Waals surface area contributed by atoms with Crippen molar-refractivity contribution in [3.05, 3.63) is 60.6 Å². The van der Waals surface area contributed by atoms with Crippen LogP contribution in [-0.4, -0.2) is 31.7 Å². The van der Waals surface area contributed by atoms with Crippen molar-refractivity contribution in [1.82, 2.24) is 14.8 Å². The monoisotopic (exact) mass is 410 g/mol. The van der Waals surface area contributed by atoms with Crippen molar-refractivity contribution in [3.63, 3.8) is 0 Å². The van der Waals surface area contributed by atoms with E-state index in [1.165, 1.54) is 18.7 Å². The number of ketones is 1. The van der Waals surface area contributed by atoms with Crippen LogP contribution < -0.4 is 5.32 Å². The van der Waals surface area contributed by atoms with Crippen LogP contribution in [0.4, 0.5) is 5.69 Å². The van der Waals surface area contributed by atoms with E-state index >= 15 is 0 Å². The predicted molar refractivity (Wildman–Crippen MR) is 113 cm³/mol. The Hall–Kier alpha value is -3.13. The van der Waals surface area contributed by atoms with Gasteiger partial charge in [-0.25, -0.2) is 0 Å². The van der Waals surface area contributed by atoms with Crippen LogP contribution >= 0.6 is 11.8 Å². The maximum absolute atomic E-state index is 12.6. The molecule has 8 heteroatoms. The second-order valence-electron chi connectivity index (χ2n) is 6.48. The van der Waals surface area contributed by atoms with Gasteiger partial charge < -0.3 is 9.73 Å². The van der Waals surface area contributed by atoms with Crippen molar-refractivity contribution in [2.75, 3.05) is 5.32 Å². The number of amides is 1. The third kappa shape index (κ3) is 4.65. The van der Waals surface area contributed by atoms with Gasteiger partial charge in [-0.2, -0.15) is 0 Å². The number of aromatic nitrogens is 3. The molecule has 1 atom stereocenters. The Morgan fingerprint density at radius 2 is 2.00 bits per heavy atom. The van der Waals surface area contributed by atoms with Crippen LogP contribution in [0.3, 0.4) is 0 Å². The number of hydrogen-bond donors (Lipinski definition) is 1. The minimum atomic E-state index is -0.409. The molecule has 0 fully saturated rings. The van der Waals surface area contributed by atoms with Crippen LogP contribution in [-0.2, 0) is 11.3 Å². The molecule has 1 unspecified atom stereocenters. The van der Waals surface area contributed by atoms with E-state index in [1.807, 2.05) is 17.6 Å². The Morgan fingerprint density at radius 1 is 1.28 bits per heavy atom. The Labute approximate surface area is 173 Å². The first-order chi connectivity index (χ1) is 13.9. The summed E-state index contributed by atoms with van der Waals surface area (Å²) in [5.74, 6) is 1.24. The highest BCUT2D eigenvalue weighted by molar-refractivity contribution is 8.00. The maximum atomic E-state index is 12.6. The Bertz CT molecular complexity index is 1040. The minimum absolute atomic E-state index is 0.0166. The predicted octanol–water partition coefficient (Wildman–Crippen LogP) is 4.35. The van der Waals surface area contributed by atoms with Crippen LogP contribution in [0.15, 0.2) is 58.8 Å². The summed E-state index contributed by atoms with van der Waals surface area (Å²) in [5, 5.41) is 11.6. The van der Waals surface area contributed by atoms with Crippen molar-refractivity contribution in [1.29, 1.82) is 0 Å². The lowest BCUT2D eigenvalue weighted by molar-refractivity contribution is -0.115. The lowest BCUT2D eigenvalue weighted by Gasteiger charge is -2.13. The lowest BCUT2D eigenvalue weighted by Crippen LogP contribution is -2.23. The Morgan fingerprint density at radius 3 is 2.59 bits per heavy atom. The normalized spacial score (nSPS) is 11.8. The number of nitrogens with zero attached hydrogens (tertiary/aromatic N) is 3. The number of anilines is 1. The number of Topliss-reactive ketones (excluding diaryl/α,β-unsaturated/α-hetero) is 1. The molecule has 0 saturated carbocycles. The minimum Gasteiger partial charge on any atom is -0.469 e. The summed E-state index contributed by atoms with van der Waals surface area (Å²) in [7, 11) is 0. The summed E-state index contributed by atoms with van der Waals surface area (Å²) in [6, 6.07) is 8.65. The summed E-state index contributed by atoms with van der Waals surface area (Å²) in [6.07, 6.45) is 3.37. The van der Waals surface area contributed by atoms with Crippen molar-refractivity contribution in [3.8, 4) is 11.4 Å². The highest BCUT2D eigenvalue weighted by atomic mass is 32.2. The number of allylic oxidation sites excluding steroid dienone is 1. The van der Waals surface area contributed by atoms with E-state index in [0.29, 0.717) is 28.8 Å². The number of benzene rings is 1. The second-order valence-corrected chi connectivity index (χ2v) is 7.79. The smallest absolute Gasteiger partial charge is 0.237 e. The maximum Gasteiger partial charge on any atom is 0.237 e. The Kier molecular flexibility index (Phi) is 6.33. The summed E-state index contributed by atoms with van der Waals surface area (Å²) in [4.78, 5) is 24.0. The highest BCUT2D eigenvalue weighted by Crippen LogP contribution is 2.29. The summed E-state index contributed by atoms with van der Waals surface area (Å²) < 4.78 is 7.27. The van der Waals surface area contributed by atoms with Gasteiger partial charge in [-0.3, -0.25) is 14.2 Å². The molecule has 3 aromatic rings. The van der Waals surface area contributed by atoms with Gasteiger partial charge in [0.1, 0.15) is 5.76 Å². The quantitative estimate of drug-likeness (QED) is 0.337. The third-order valence-corrected chi connectivity index (χ3v) is 5.42. The SMILES string of the molecule is C=CCn1c(SC(C)C(=O)Nc2ccc(C(C)=O)cc2)nnc1-c1ccoc1C. The average molecular weight is 410 g/mol. The van der Waals surface area contributed by atoms with Crippen LogP contribution in [0.2, 0.25) is 0 Å². The van der Waals surface area contributed by atoms with Gasteiger partial charge >= 0.3 is 0 Å². The van der Waals surface area contributed by atoms with Gasteiger partial charge in [-0.1, -0.05) is 17.8 Å². The van der Waals surface area contributed by atoms with Gasteiger partial charge in [-0.05, 0) is 51.1 Å². The zero-order valence-corrected chi connectivity index (χ0v) is 17.3. The van der Waals surface area contributed by atoms with E-state index in [1.54, 1.807) is 43.5 Å². The molecule has 1 N–H and O–H groups in total. The van der Waals surface area contributed by atoms with E-state index in [2.05, 4.69) is 22.1 Å². The number of rotatable bonds is 8. The van der Waals surface area contributed by atoms with Gasteiger partial charge in [0.2, 0.25) is 5.91 Å². The van der Waals surface area contributed by atoms with Crippen LogP contribution in [0, 0.1) is 6.92 Å². The van der Waals surface area contributed by atoms with E-state index in [4.69, 9.17) is 4.42 Å². The van der Waals surface area contributed by atoms with Crippen LogP contribution in [0.25, 0.3) is 11.4 Å². The molecule has 1 aromatic carbocycles. The van der Waals surface area contributed by atoms with E-state index in [9.17, 15) is 9.59 Å². The van der Waals surface area contributed by atoms with Crippen molar-refractivity contribution < 1.29 is 14.0 Å². The second kappa shape index (κ2) is 8.91. The fourth-order valence-corrected chi connectivity index (χ4v) is 3.59.